The monoisotopic (exact) mass is 332 g/mol. The molecule has 0 aromatic heterocycles. The Kier molecular flexibility index (Phi) is 4.48. The predicted octanol–water partition coefficient (Wildman–Crippen LogP) is 1.41. The van der Waals surface area contributed by atoms with Crippen molar-refractivity contribution < 1.29 is 18.1 Å². The number of hydrogen-bond acceptors (Lipinski definition) is 5. The van der Waals surface area contributed by atoms with Crippen molar-refractivity contribution in [2.45, 2.75) is 6.42 Å². The van der Waals surface area contributed by atoms with E-state index in [2.05, 4.69) is 5.32 Å². The van der Waals surface area contributed by atoms with Crippen molar-refractivity contribution in [3.05, 3.63) is 38.9 Å². The van der Waals surface area contributed by atoms with Crippen molar-refractivity contribution in [1.29, 1.82) is 0 Å². The Bertz CT molecular complexity index is 689. The minimum absolute atomic E-state index is 0.0377. The number of sulfone groups is 1. The van der Waals surface area contributed by atoms with Crippen LogP contribution in [0.15, 0.2) is 18.2 Å². The van der Waals surface area contributed by atoms with Crippen LogP contribution in [-0.4, -0.2) is 37.3 Å². The van der Waals surface area contributed by atoms with Crippen LogP contribution < -0.4 is 5.32 Å². The number of amides is 1. The standard InChI is InChI=1S/C12H13ClN2O5S/c13-9-1-2-10(11(5-9)15(17)18)12(16)14-6-8-3-4-21(19,20)7-8/h1-2,5,8H,3-4,6-7H2,(H,14,16)/t8-/m1/s1. The van der Waals surface area contributed by atoms with Crippen molar-refractivity contribution in [3.8, 4) is 0 Å². The average Bonchev–Trinajstić information content (AvgIpc) is 2.75. The molecule has 1 aliphatic rings. The lowest BCUT2D eigenvalue weighted by atomic mass is 10.1. The Morgan fingerprint density at radius 2 is 2.19 bits per heavy atom. The lowest BCUT2D eigenvalue weighted by Crippen LogP contribution is -2.30. The first-order valence-electron chi connectivity index (χ1n) is 6.21. The molecule has 2 rings (SSSR count). The minimum atomic E-state index is -3.01. The molecule has 1 atom stereocenters. The molecule has 1 heterocycles. The third kappa shape index (κ3) is 3.92. The number of nitro benzene ring substituents is 1. The van der Waals surface area contributed by atoms with Crippen LogP contribution in [0.25, 0.3) is 0 Å². The molecule has 1 aliphatic heterocycles. The zero-order valence-electron chi connectivity index (χ0n) is 10.9. The molecule has 0 bridgehead atoms. The number of benzene rings is 1. The highest BCUT2D eigenvalue weighted by Gasteiger charge is 2.28. The second-order valence-electron chi connectivity index (χ2n) is 4.90. The van der Waals surface area contributed by atoms with Gasteiger partial charge in [-0.25, -0.2) is 8.42 Å². The molecule has 9 heteroatoms. The molecular formula is C12H13ClN2O5S. The van der Waals surface area contributed by atoms with Gasteiger partial charge in [0.15, 0.2) is 9.84 Å². The van der Waals surface area contributed by atoms with E-state index in [-0.39, 0.29) is 40.2 Å². The van der Waals surface area contributed by atoms with Gasteiger partial charge in [-0.1, -0.05) is 11.6 Å². The Morgan fingerprint density at radius 3 is 2.76 bits per heavy atom. The van der Waals surface area contributed by atoms with Gasteiger partial charge in [-0.2, -0.15) is 0 Å². The molecule has 0 spiro atoms. The second kappa shape index (κ2) is 5.98. The fourth-order valence-corrected chi connectivity index (χ4v) is 4.24. The molecule has 114 valence electrons. The van der Waals surface area contributed by atoms with Crippen molar-refractivity contribution in [2.24, 2.45) is 5.92 Å². The van der Waals surface area contributed by atoms with Gasteiger partial charge in [0.2, 0.25) is 0 Å². The maximum atomic E-state index is 12.0. The van der Waals surface area contributed by atoms with Gasteiger partial charge < -0.3 is 5.32 Å². The molecular weight excluding hydrogens is 320 g/mol. The molecule has 1 fully saturated rings. The summed E-state index contributed by atoms with van der Waals surface area (Å²) in [6.45, 7) is 0.178. The number of rotatable bonds is 4. The third-order valence-corrected chi connectivity index (χ3v) is 5.35. The lowest BCUT2D eigenvalue weighted by molar-refractivity contribution is -0.385. The zero-order chi connectivity index (χ0) is 15.6. The van der Waals surface area contributed by atoms with E-state index in [9.17, 15) is 23.3 Å². The van der Waals surface area contributed by atoms with Gasteiger partial charge in [0, 0.05) is 17.6 Å². The molecule has 1 amide bonds. The molecule has 1 aromatic carbocycles. The molecule has 21 heavy (non-hydrogen) atoms. The van der Waals surface area contributed by atoms with E-state index >= 15 is 0 Å². The molecule has 0 radical (unpaired) electrons. The highest BCUT2D eigenvalue weighted by molar-refractivity contribution is 7.91. The van der Waals surface area contributed by atoms with Crippen LogP contribution in [0.3, 0.4) is 0 Å². The zero-order valence-corrected chi connectivity index (χ0v) is 12.5. The molecule has 0 aliphatic carbocycles. The summed E-state index contributed by atoms with van der Waals surface area (Å²) in [5, 5.41) is 13.6. The summed E-state index contributed by atoms with van der Waals surface area (Å²) in [5.74, 6) is -0.599. The molecule has 1 saturated heterocycles. The normalized spacial score (nSPS) is 20.1. The van der Waals surface area contributed by atoms with E-state index in [1.54, 1.807) is 0 Å². The fraction of sp³-hybridized carbons (Fsp3) is 0.417. The predicted molar refractivity (Wildman–Crippen MR) is 77.2 cm³/mol. The minimum Gasteiger partial charge on any atom is -0.352 e. The topological polar surface area (TPSA) is 106 Å². The summed E-state index contributed by atoms with van der Waals surface area (Å²) in [6.07, 6.45) is 0.491. The SMILES string of the molecule is O=C(NC[C@H]1CCS(=O)(=O)C1)c1ccc(Cl)cc1[N+](=O)[O-]. The maximum Gasteiger partial charge on any atom is 0.283 e. The number of hydrogen-bond donors (Lipinski definition) is 1. The number of nitrogens with one attached hydrogen (secondary N) is 1. The summed E-state index contributed by atoms with van der Waals surface area (Å²) in [6, 6.07) is 3.78. The Labute approximate surface area is 126 Å². The van der Waals surface area contributed by atoms with Gasteiger partial charge in [-0.15, -0.1) is 0 Å². The Hall–Kier alpha value is -1.67. The average molecular weight is 333 g/mol. The lowest BCUT2D eigenvalue weighted by Gasteiger charge is -2.10. The largest absolute Gasteiger partial charge is 0.352 e. The van der Waals surface area contributed by atoms with Crippen LogP contribution in [0, 0.1) is 16.0 Å². The van der Waals surface area contributed by atoms with E-state index in [4.69, 9.17) is 11.6 Å². The van der Waals surface area contributed by atoms with Crippen LogP contribution in [0.5, 0.6) is 0 Å². The molecule has 1 aromatic rings. The van der Waals surface area contributed by atoms with Crippen LogP contribution in [0.2, 0.25) is 5.02 Å². The van der Waals surface area contributed by atoms with Gasteiger partial charge >= 0.3 is 0 Å². The van der Waals surface area contributed by atoms with Crippen molar-refractivity contribution in [2.75, 3.05) is 18.1 Å². The summed E-state index contributed by atoms with van der Waals surface area (Å²) >= 11 is 5.67. The van der Waals surface area contributed by atoms with E-state index < -0.39 is 20.7 Å². The van der Waals surface area contributed by atoms with E-state index in [0.717, 1.165) is 6.07 Å². The smallest absolute Gasteiger partial charge is 0.283 e. The van der Waals surface area contributed by atoms with E-state index in [1.165, 1.54) is 12.1 Å². The number of carbonyl (C=O) groups is 1. The van der Waals surface area contributed by atoms with Gasteiger partial charge in [-0.05, 0) is 24.5 Å². The van der Waals surface area contributed by atoms with E-state index in [1.807, 2.05) is 0 Å². The van der Waals surface area contributed by atoms with Gasteiger partial charge in [0.25, 0.3) is 11.6 Å². The Balaban J connectivity index is 2.06. The maximum absolute atomic E-state index is 12.0. The first kappa shape index (κ1) is 15.7. The number of nitrogens with zero attached hydrogens (tertiary/aromatic N) is 1. The van der Waals surface area contributed by atoms with Crippen LogP contribution in [-0.2, 0) is 9.84 Å². The molecule has 7 nitrogen and oxygen atoms in total. The van der Waals surface area contributed by atoms with E-state index in [0.29, 0.717) is 6.42 Å². The first-order chi connectivity index (χ1) is 9.78. The molecule has 0 saturated carbocycles. The summed E-state index contributed by atoms with van der Waals surface area (Å²) in [5.41, 5.74) is -0.468. The summed E-state index contributed by atoms with van der Waals surface area (Å²) in [7, 11) is -3.01. The number of halogens is 1. The molecule has 0 unspecified atom stereocenters. The number of nitro groups is 1. The van der Waals surface area contributed by atoms with Crippen LogP contribution in [0.4, 0.5) is 5.69 Å². The van der Waals surface area contributed by atoms with Crippen molar-refractivity contribution >= 4 is 33.0 Å². The first-order valence-corrected chi connectivity index (χ1v) is 8.41. The van der Waals surface area contributed by atoms with Crippen LogP contribution in [0.1, 0.15) is 16.8 Å². The second-order valence-corrected chi connectivity index (χ2v) is 7.56. The van der Waals surface area contributed by atoms with Crippen molar-refractivity contribution in [3.63, 3.8) is 0 Å². The number of carbonyl (C=O) groups excluding carboxylic acids is 1. The fourth-order valence-electron chi connectivity index (χ4n) is 2.21. The van der Waals surface area contributed by atoms with Gasteiger partial charge in [0.1, 0.15) is 5.56 Å². The highest BCUT2D eigenvalue weighted by Crippen LogP contribution is 2.23. The van der Waals surface area contributed by atoms with Gasteiger partial charge in [0.05, 0.1) is 16.4 Å². The third-order valence-electron chi connectivity index (χ3n) is 3.28. The van der Waals surface area contributed by atoms with Gasteiger partial charge in [-0.3, -0.25) is 14.9 Å². The molecule has 1 N–H and O–H groups in total. The Morgan fingerprint density at radius 1 is 1.48 bits per heavy atom. The van der Waals surface area contributed by atoms with Crippen molar-refractivity contribution in [1.82, 2.24) is 5.32 Å². The quantitative estimate of drug-likeness (QED) is 0.662. The van der Waals surface area contributed by atoms with Crippen LogP contribution >= 0.6 is 11.6 Å². The highest BCUT2D eigenvalue weighted by atomic mass is 35.5. The summed E-state index contributed by atoms with van der Waals surface area (Å²) in [4.78, 5) is 22.2. The summed E-state index contributed by atoms with van der Waals surface area (Å²) < 4.78 is 22.6.